The quantitative estimate of drug-likeness (QED) is 0.410. The van der Waals surface area contributed by atoms with Gasteiger partial charge in [0.25, 0.3) is 0 Å². The van der Waals surface area contributed by atoms with Gasteiger partial charge < -0.3 is 15.5 Å². The molecule has 4 rings (SSSR count). The molecule has 7 heteroatoms. The zero-order chi connectivity index (χ0) is 22.3. The van der Waals surface area contributed by atoms with Crippen molar-refractivity contribution in [3.05, 3.63) is 64.7 Å². The summed E-state index contributed by atoms with van der Waals surface area (Å²) in [4.78, 5) is 12.8. The number of hydrogen-bond donors (Lipinski definition) is 2. The molecule has 1 saturated carbocycles. The molecule has 0 aromatic heterocycles. The molecule has 2 fully saturated rings. The second kappa shape index (κ2) is 17.1. The van der Waals surface area contributed by atoms with E-state index in [-0.39, 0.29) is 29.6 Å². The molecule has 166 valence electrons. The van der Waals surface area contributed by atoms with Crippen molar-refractivity contribution in [1.29, 1.82) is 5.26 Å². The largest absolute Gasteiger partial charge is 1.00 e. The second-order valence-corrected chi connectivity index (χ2v) is 7.99. The number of hydrogen-bond acceptors (Lipinski definition) is 5. The van der Waals surface area contributed by atoms with E-state index in [2.05, 4.69) is 28.6 Å². The fourth-order valence-corrected chi connectivity index (χ4v) is 3.75. The van der Waals surface area contributed by atoms with E-state index >= 15 is 0 Å². The summed E-state index contributed by atoms with van der Waals surface area (Å²) in [6.45, 7) is 4.16. The molecule has 1 heterocycles. The number of piperazine rings is 1. The Kier molecular flexibility index (Phi) is 15.3. The maximum atomic E-state index is 10.5. The first-order valence-corrected chi connectivity index (χ1v) is 11.3. The van der Waals surface area contributed by atoms with Gasteiger partial charge in [0.1, 0.15) is 6.29 Å². The number of carbonyl (C=O) groups is 1. The smallest absolute Gasteiger partial charge is 0.369 e. The van der Waals surface area contributed by atoms with E-state index in [0.29, 0.717) is 10.6 Å². The Morgan fingerprint density at radius 3 is 2.28 bits per heavy atom. The average molecular weight is 463 g/mol. The third kappa shape index (κ3) is 10.5. The summed E-state index contributed by atoms with van der Waals surface area (Å²) in [5, 5.41) is 15.4. The third-order valence-corrected chi connectivity index (χ3v) is 5.77. The SMILES string of the molecule is CNC1CCCCC1.N#Cc1cc[c-]cc1Cl.O=Cc1ccc(N2CCNCC2)cc1.[Na+]. The zero-order valence-corrected chi connectivity index (χ0v) is 22.0. The topological polar surface area (TPSA) is 68.2 Å². The van der Waals surface area contributed by atoms with Gasteiger partial charge in [0.05, 0.1) is 6.07 Å². The van der Waals surface area contributed by atoms with Crippen LogP contribution in [0.4, 0.5) is 5.69 Å². The van der Waals surface area contributed by atoms with Gasteiger partial charge in [0.15, 0.2) is 0 Å². The molecule has 2 N–H and O–H groups in total. The van der Waals surface area contributed by atoms with Gasteiger partial charge in [-0.3, -0.25) is 4.79 Å². The standard InChI is InChI=1S/C11H14N2O.C7H3ClN.C7H15N.Na/c14-9-10-1-3-11(4-2-10)13-7-5-12-6-8-13;8-7-4-2-1-3-6(7)5-9;1-8-7-5-3-2-4-6-7;/h1-4,9,12H,5-8H2;1,3-4H;7-8H,2-6H2,1H3;/q;-1;;+1. The Morgan fingerprint density at radius 2 is 1.81 bits per heavy atom. The number of carbonyl (C=O) groups excluding carboxylic acids is 1. The predicted octanol–water partition coefficient (Wildman–Crippen LogP) is 1.46. The van der Waals surface area contributed by atoms with Crippen molar-refractivity contribution in [2.24, 2.45) is 0 Å². The molecule has 2 aromatic rings. The van der Waals surface area contributed by atoms with Gasteiger partial charge in [-0.15, -0.1) is 0 Å². The number of rotatable bonds is 3. The first kappa shape index (κ1) is 28.6. The van der Waals surface area contributed by atoms with Crippen LogP contribution in [0.2, 0.25) is 5.02 Å². The average Bonchev–Trinajstić information content (AvgIpc) is 2.86. The first-order chi connectivity index (χ1) is 15.2. The maximum Gasteiger partial charge on any atom is 1.00 e. The van der Waals surface area contributed by atoms with Crippen LogP contribution < -0.4 is 45.1 Å². The molecule has 0 spiro atoms. The summed E-state index contributed by atoms with van der Waals surface area (Å²) >= 11 is 5.57. The normalized spacial score (nSPS) is 15.6. The summed E-state index contributed by atoms with van der Waals surface area (Å²) in [5.74, 6) is 0. The van der Waals surface area contributed by atoms with E-state index in [1.165, 1.54) is 37.8 Å². The van der Waals surface area contributed by atoms with Crippen molar-refractivity contribution in [2.75, 3.05) is 38.1 Å². The number of benzene rings is 2. The van der Waals surface area contributed by atoms with Gasteiger partial charge in [-0.1, -0.05) is 24.3 Å². The van der Waals surface area contributed by atoms with Crippen molar-refractivity contribution in [2.45, 2.75) is 38.1 Å². The van der Waals surface area contributed by atoms with E-state index in [1.807, 2.05) is 30.3 Å². The molecule has 0 atom stereocenters. The molecule has 2 aliphatic rings. The minimum atomic E-state index is 0. The van der Waals surface area contributed by atoms with Crippen LogP contribution in [0.15, 0.2) is 42.5 Å². The van der Waals surface area contributed by atoms with E-state index < -0.39 is 0 Å². The van der Waals surface area contributed by atoms with Crippen LogP contribution in [0.1, 0.15) is 48.0 Å². The molecule has 2 aromatic carbocycles. The van der Waals surface area contributed by atoms with Gasteiger partial charge in [-0.05, 0) is 49.7 Å². The number of nitrogens with zero attached hydrogens (tertiary/aromatic N) is 2. The summed E-state index contributed by atoms with van der Waals surface area (Å²) in [5.41, 5.74) is 2.44. The molecule has 1 saturated heterocycles. The third-order valence-electron chi connectivity index (χ3n) is 5.46. The van der Waals surface area contributed by atoms with Crippen LogP contribution in [-0.2, 0) is 0 Å². The van der Waals surface area contributed by atoms with Crippen LogP contribution in [0, 0.1) is 17.4 Å². The Labute approximate surface area is 219 Å². The fraction of sp³-hybridized carbons (Fsp3) is 0.440. The number of halogens is 1. The Bertz CT molecular complexity index is 813. The van der Waals surface area contributed by atoms with Gasteiger partial charge in [-0.25, -0.2) is 0 Å². The monoisotopic (exact) mass is 462 g/mol. The molecule has 5 nitrogen and oxygen atoms in total. The second-order valence-electron chi connectivity index (χ2n) is 7.59. The first-order valence-electron chi connectivity index (χ1n) is 10.9. The number of nitriles is 1. The number of anilines is 1. The van der Waals surface area contributed by atoms with Crippen molar-refractivity contribution in [1.82, 2.24) is 10.6 Å². The van der Waals surface area contributed by atoms with Crippen molar-refractivity contribution >= 4 is 23.6 Å². The molecule has 1 aliphatic carbocycles. The van der Waals surface area contributed by atoms with Crippen molar-refractivity contribution < 1.29 is 34.4 Å². The number of nitrogens with one attached hydrogen (secondary N) is 2. The summed E-state index contributed by atoms with van der Waals surface area (Å²) in [6, 6.07) is 18.1. The number of aldehydes is 1. The molecular formula is C25H32ClN4NaO. The van der Waals surface area contributed by atoms with Crippen LogP contribution in [0.5, 0.6) is 0 Å². The van der Waals surface area contributed by atoms with E-state index in [1.54, 1.807) is 18.2 Å². The zero-order valence-electron chi connectivity index (χ0n) is 19.2. The Morgan fingerprint density at radius 1 is 1.16 bits per heavy atom. The summed E-state index contributed by atoms with van der Waals surface area (Å²) < 4.78 is 0. The van der Waals surface area contributed by atoms with Crippen molar-refractivity contribution in [3.63, 3.8) is 0 Å². The van der Waals surface area contributed by atoms with E-state index in [9.17, 15) is 4.79 Å². The van der Waals surface area contributed by atoms with E-state index in [0.717, 1.165) is 44.1 Å². The summed E-state index contributed by atoms with van der Waals surface area (Å²) in [7, 11) is 2.07. The van der Waals surface area contributed by atoms with Crippen molar-refractivity contribution in [3.8, 4) is 6.07 Å². The molecule has 0 amide bonds. The van der Waals surface area contributed by atoms with E-state index in [4.69, 9.17) is 16.9 Å². The predicted molar refractivity (Wildman–Crippen MR) is 128 cm³/mol. The minimum absolute atomic E-state index is 0. The molecule has 0 radical (unpaired) electrons. The van der Waals surface area contributed by atoms with Crippen LogP contribution in [0.25, 0.3) is 0 Å². The Hall–Kier alpha value is -1.39. The maximum absolute atomic E-state index is 10.5. The molecule has 32 heavy (non-hydrogen) atoms. The van der Waals surface area contributed by atoms with Gasteiger partial charge >= 0.3 is 29.6 Å². The molecule has 0 bridgehead atoms. The van der Waals surface area contributed by atoms with Crippen LogP contribution in [0.3, 0.4) is 0 Å². The minimum Gasteiger partial charge on any atom is -0.369 e. The molecule has 1 aliphatic heterocycles. The Balaban J connectivity index is 0.000000249. The van der Waals surface area contributed by atoms with Crippen LogP contribution >= 0.6 is 11.6 Å². The van der Waals surface area contributed by atoms with Crippen LogP contribution in [-0.4, -0.2) is 45.6 Å². The van der Waals surface area contributed by atoms with Gasteiger partial charge in [-0.2, -0.15) is 41.1 Å². The fourth-order valence-electron chi connectivity index (χ4n) is 3.58. The molecule has 0 unspecified atom stereocenters. The van der Waals surface area contributed by atoms with Gasteiger partial charge in [0, 0.05) is 43.5 Å². The summed E-state index contributed by atoms with van der Waals surface area (Å²) in [6.07, 6.45) is 8.00. The van der Waals surface area contributed by atoms with Gasteiger partial charge in [0.2, 0.25) is 0 Å². The molecular weight excluding hydrogens is 431 g/mol.